The molecule has 0 saturated heterocycles. The van der Waals surface area contributed by atoms with E-state index in [4.69, 9.17) is 9.47 Å². The number of hydrogen-bond acceptors (Lipinski definition) is 4. The van der Waals surface area contributed by atoms with Gasteiger partial charge in [-0.2, -0.15) is 0 Å². The Morgan fingerprint density at radius 3 is 1.78 bits per heavy atom. The fourth-order valence-electron chi connectivity index (χ4n) is 3.71. The van der Waals surface area contributed by atoms with Gasteiger partial charge in [0.15, 0.2) is 0 Å². The summed E-state index contributed by atoms with van der Waals surface area (Å²) in [5.41, 5.74) is 0. The molecule has 0 spiro atoms. The van der Waals surface area contributed by atoms with Crippen LogP contribution in [-0.2, 0) is 19.1 Å². The van der Waals surface area contributed by atoms with Gasteiger partial charge in [0.05, 0.1) is 25.0 Å². The maximum atomic E-state index is 12.5. The van der Waals surface area contributed by atoms with Crippen LogP contribution >= 0.6 is 0 Å². The Bertz CT molecular complexity index is 405. The lowest BCUT2D eigenvalue weighted by Gasteiger charge is -2.28. The van der Waals surface area contributed by atoms with Gasteiger partial charge in [-0.1, -0.05) is 78.6 Å². The molecule has 1 rings (SSSR count). The molecule has 0 radical (unpaired) electrons. The second-order valence-electron chi connectivity index (χ2n) is 8.49. The van der Waals surface area contributed by atoms with Crippen LogP contribution in [0.4, 0.5) is 0 Å². The molecule has 1 saturated carbocycles. The topological polar surface area (TPSA) is 52.6 Å². The Labute approximate surface area is 166 Å². The highest BCUT2D eigenvalue weighted by atomic mass is 16.5. The fraction of sp³-hybridized carbons (Fsp3) is 0.913. The Morgan fingerprint density at radius 1 is 0.778 bits per heavy atom. The molecule has 4 heteroatoms. The van der Waals surface area contributed by atoms with E-state index in [-0.39, 0.29) is 23.8 Å². The molecule has 27 heavy (non-hydrogen) atoms. The van der Waals surface area contributed by atoms with Crippen LogP contribution in [0.3, 0.4) is 0 Å². The van der Waals surface area contributed by atoms with Crippen molar-refractivity contribution in [2.45, 2.75) is 104 Å². The van der Waals surface area contributed by atoms with Gasteiger partial charge in [0.1, 0.15) is 0 Å². The molecule has 2 unspecified atom stereocenters. The van der Waals surface area contributed by atoms with E-state index in [1.165, 1.54) is 38.5 Å². The van der Waals surface area contributed by atoms with Gasteiger partial charge in [0, 0.05) is 0 Å². The first-order valence-electron chi connectivity index (χ1n) is 11.4. The van der Waals surface area contributed by atoms with Crippen molar-refractivity contribution in [3.05, 3.63) is 0 Å². The number of rotatable bonds is 14. The molecule has 0 aromatic heterocycles. The number of esters is 2. The molecule has 0 aliphatic heterocycles. The van der Waals surface area contributed by atoms with Gasteiger partial charge in [-0.3, -0.25) is 9.59 Å². The molecule has 158 valence electrons. The lowest BCUT2D eigenvalue weighted by Crippen LogP contribution is -2.35. The van der Waals surface area contributed by atoms with E-state index < -0.39 is 0 Å². The van der Waals surface area contributed by atoms with Gasteiger partial charge < -0.3 is 9.47 Å². The number of carbonyl (C=O) groups is 2. The predicted molar refractivity (Wildman–Crippen MR) is 109 cm³/mol. The first-order valence-corrected chi connectivity index (χ1v) is 11.4. The van der Waals surface area contributed by atoms with Gasteiger partial charge in [-0.05, 0) is 31.6 Å². The summed E-state index contributed by atoms with van der Waals surface area (Å²) in [6.07, 6.45) is 14.2. The van der Waals surface area contributed by atoms with Gasteiger partial charge >= 0.3 is 11.9 Å². The minimum absolute atomic E-state index is 0.191. The van der Waals surface area contributed by atoms with Crippen LogP contribution in [0.1, 0.15) is 104 Å². The molecular weight excluding hydrogens is 340 g/mol. The van der Waals surface area contributed by atoms with Crippen LogP contribution in [0.15, 0.2) is 0 Å². The second kappa shape index (κ2) is 14.9. The quantitative estimate of drug-likeness (QED) is 0.270. The Kier molecular flexibility index (Phi) is 13.3. The highest BCUT2D eigenvalue weighted by molar-refractivity contribution is 5.82. The van der Waals surface area contributed by atoms with Gasteiger partial charge in [-0.25, -0.2) is 0 Å². The fourth-order valence-corrected chi connectivity index (χ4v) is 3.71. The summed E-state index contributed by atoms with van der Waals surface area (Å²) in [6, 6.07) is 0. The molecule has 0 aromatic carbocycles. The van der Waals surface area contributed by atoms with Crippen molar-refractivity contribution in [3.8, 4) is 0 Å². The molecule has 0 bridgehead atoms. The zero-order valence-corrected chi connectivity index (χ0v) is 18.0. The van der Waals surface area contributed by atoms with Crippen molar-refractivity contribution < 1.29 is 19.1 Å². The van der Waals surface area contributed by atoms with E-state index in [0.29, 0.717) is 19.1 Å². The van der Waals surface area contributed by atoms with Crippen LogP contribution in [0.25, 0.3) is 0 Å². The van der Waals surface area contributed by atoms with Crippen molar-refractivity contribution in [2.75, 3.05) is 13.2 Å². The molecule has 4 nitrogen and oxygen atoms in total. The monoisotopic (exact) mass is 382 g/mol. The molecule has 1 aliphatic rings. The van der Waals surface area contributed by atoms with E-state index in [2.05, 4.69) is 20.8 Å². The van der Waals surface area contributed by atoms with E-state index in [9.17, 15) is 9.59 Å². The third kappa shape index (κ3) is 10.8. The Balaban J connectivity index is 2.23. The second-order valence-corrected chi connectivity index (χ2v) is 8.49. The summed E-state index contributed by atoms with van der Waals surface area (Å²) in [6.45, 7) is 7.39. The zero-order valence-electron chi connectivity index (χ0n) is 18.0. The van der Waals surface area contributed by atoms with E-state index >= 15 is 0 Å². The third-order valence-electron chi connectivity index (χ3n) is 5.55. The normalized spacial score (nSPS) is 19.9. The van der Waals surface area contributed by atoms with Gasteiger partial charge in [-0.15, -0.1) is 0 Å². The smallest absolute Gasteiger partial charge is 0.309 e. The third-order valence-corrected chi connectivity index (χ3v) is 5.55. The summed E-state index contributed by atoms with van der Waals surface area (Å²) in [4.78, 5) is 24.9. The predicted octanol–water partition coefficient (Wildman–Crippen LogP) is 6.07. The largest absolute Gasteiger partial charge is 0.465 e. The molecule has 1 aliphatic carbocycles. The Hall–Kier alpha value is -1.06. The molecule has 0 heterocycles. The molecule has 1 fully saturated rings. The number of ether oxygens (including phenoxy) is 2. The summed E-state index contributed by atoms with van der Waals surface area (Å²) in [5, 5.41) is 0. The van der Waals surface area contributed by atoms with Crippen molar-refractivity contribution in [2.24, 2.45) is 17.8 Å². The van der Waals surface area contributed by atoms with Gasteiger partial charge in [0.2, 0.25) is 0 Å². The maximum Gasteiger partial charge on any atom is 0.309 e. The van der Waals surface area contributed by atoms with E-state index in [1.807, 2.05) is 0 Å². The summed E-state index contributed by atoms with van der Waals surface area (Å²) in [5.74, 6) is -0.499. The standard InChI is InChI=1S/C23H42O4/c1-4-5-6-7-8-9-10-13-17-26-22(24)20-14-11-12-15-21(20)23(25)27-18-16-19(2)3/h19-21H,4-18H2,1-3H3. The molecular formula is C23H42O4. The lowest BCUT2D eigenvalue weighted by molar-refractivity contribution is -0.163. The lowest BCUT2D eigenvalue weighted by atomic mass is 9.79. The summed E-state index contributed by atoms with van der Waals surface area (Å²) < 4.78 is 10.9. The minimum atomic E-state index is -0.308. The molecule has 2 atom stereocenters. The molecule has 0 N–H and O–H groups in total. The minimum Gasteiger partial charge on any atom is -0.465 e. The molecule has 0 amide bonds. The summed E-state index contributed by atoms with van der Waals surface area (Å²) >= 11 is 0. The van der Waals surface area contributed by atoms with E-state index in [1.54, 1.807) is 0 Å². The number of carbonyl (C=O) groups excluding carboxylic acids is 2. The van der Waals surface area contributed by atoms with Crippen molar-refractivity contribution >= 4 is 11.9 Å². The van der Waals surface area contributed by atoms with Crippen LogP contribution in [0.5, 0.6) is 0 Å². The average Bonchev–Trinajstić information content (AvgIpc) is 2.66. The average molecular weight is 383 g/mol. The zero-order chi connectivity index (χ0) is 19.9. The highest BCUT2D eigenvalue weighted by Crippen LogP contribution is 2.32. The van der Waals surface area contributed by atoms with Crippen molar-refractivity contribution in [1.82, 2.24) is 0 Å². The first kappa shape index (κ1) is 24.0. The van der Waals surface area contributed by atoms with Crippen LogP contribution in [0.2, 0.25) is 0 Å². The Morgan fingerprint density at radius 2 is 1.26 bits per heavy atom. The van der Waals surface area contributed by atoms with E-state index in [0.717, 1.165) is 44.9 Å². The first-order chi connectivity index (χ1) is 13.1. The summed E-state index contributed by atoms with van der Waals surface area (Å²) in [7, 11) is 0. The van der Waals surface area contributed by atoms with Crippen molar-refractivity contribution in [1.29, 1.82) is 0 Å². The number of hydrogen-bond donors (Lipinski definition) is 0. The number of unbranched alkanes of at least 4 members (excludes halogenated alkanes) is 7. The van der Waals surface area contributed by atoms with Crippen LogP contribution in [-0.4, -0.2) is 25.2 Å². The van der Waals surface area contributed by atoms with Crippen LogP contribution in [0, 0.1) is 17.8 Å². The highest BCUT2D eigenvalue weighted by Gasteiger charge is 2.37. The maximum absolute atomic E-state index is 12.5. The van der Waals surface area contributed by atoms with Gasteiger partial charge in [0.25, 0.3) is 0 Å². The van der Waals surface area contributed by atoms with Crippen LogP contribution < -0.4 is 0 Å². The van der Waals surface area contributed by atoms with Crippen molar-refractivity contribution in [3.63, 3.8) is 0 Å². The SMILES string of the molecule is CCCCCCCCCCOC(=O)C1CCCCC1C(=O)OCCC(C)C. The molecule has 0 aromatic rings.